The van der Waals surface area contributed by atoms with Crippen LogP contribution in [0, 0.1) is 6.92 Å². The van der Waals surface area contributed by atoms with Crippen molar-refractivity contribution in [2.45, 2.75) is 25.8 Å². The van der Waals surface area contributed by atoms with Crippen LogP contribution in [0.5, 0.6) is 5.75 Å². The van der Waals surface area contributed by atoms with Gasteiger partial charge in [0.2, 0.25) is 0 Å². The Kier molecular flexibility index (Phi) is 2.99. The van der Waals surface area contributed by atoms with Gasteiger partial charge in [-0.15, -0.1) is 0 Å². The quantitative estimate of drug-likeness (QED) is 0.788. The second-order valence-electron chi connectivity index (χ2n) is 3.69. The van der Waals surface area contributed by atoms with Crippen molar-refractivity contribution in [2.24, 2.45) is 0 Å². The molecule has 0 aliphatic carbocycles. The van der Waals surface area contributed by atoms with Gasteiger partial charge in [-0.25, -0.2) is 0 Å². The number of hydrogen-bond acceptors (Lipinski definition) is 3. The van der Waals surface area contributed by atoms with Gasteiger partial charge in [-0.1, -0.05) is 0 Å². The highest BCUT2D eigenvalue weighted by molar-refractivity contribution is 5.25. The van der Waals surface area contributed by atoms with Crippen LogP contribution in [0.4, 0.5) is 0 Å². The molecule has 0 saturated carbocycles. The lowest BCUT2D eigenvalue weighted by atomic mass is 10.2. The summed E-state index contributed by atoms with van der Waals surface area (Å²) in [6, 6.07) is 4.40. The first-order chi connectivity index (χ1) is 6.86. The molecule has 1 aromatic heterocycles. The molecule has 14 heavy (non-hydrogen) atoms. The van der Waals surface area contributed by atoms with Gasteiger partial charge in [0.1, 0.15) is 12.4 Å². The molecule has 1 aliphatic rings. The minimum absolute atomic E-state index is 0.523. The Morgan fingerprint density at radius 2 is 2.57 bits per heavy atom. The summed E-state index contributed by atoms with van der Waals surface area (Å²) < 4.78 is 5.70. The summed E-state index contributed by atoms with van der Waals surface area (Å²) in [7, 11) is 0. The van der Waals surface area contributed by atoms with Crippen molar-refractivity contribution < 1.29 is 4.74 Å². The summed E-state index contributed by atoms with van der Waals surface area (Å²) in [5.74, 6) is 0.904. The van der Waals surface area contributed by atoms with E-state index >= 15 is 0 Å². The zero-order valence-corrected chi connectivity index (χ0v) is 8.49. The molecule has 0 radical (unpaired) electrons. The van der Waals surface area contributed by atoms with E-state index in [9.17, 15) is 0 Å². The molecule has 1 fully saturated rings. The third kappa shape index (κ3) is 2.23. The van der Waals surface area contributed by atoms with Gasteiger partial charge >= 0.3 is 0 Å². The summed E-state index contributed by atoms with van der Waals surface area (Å²) in [4.78, 5) is 4.18. The Bertz CT molecular complexity index is 295. The van der Waals surface area contributed by atoms with Gasteiger partial charge in [0.05, 0.1) is 5.69 Å². The van der Waals surface area contributed by atoms with E-state index in [0.29, 0.717) is 6.04 Å². The first-order valence-corrected chi connectivity index (χ1v) is 5.14. The van der Waals surface area contributed by atoms with Crippen LogP contribution in [0.2, 0.25) is 0 Å². The number of pyridine rings is 1. The molecule has 1 atom stereocenters. The molecule has 0 spiro atoms. The minimum atomic E-state index is 0.523. The molecule has 1 saturated heterocycles. The van der Waals surface area contributed by atoms with Crippen molar-refractivity contribution >= 4 is 0 Å². The Hall–Kier alpha value is -1.09. The number of hydrogen-bond donors (Lipinski definition) is 1. The number of rotatable bonds is 3. The zero-order valence-electron chi connectivity index (χ0n) is 8.49. The van der Waals surface area contributed by atoms with Crippen molar-refractivity contribution in [3.63, 3.8) is 0 Å². The van der Waals surface area contributed by atoms with E-state index < -0.39 is 0 Å². The van der Waals surface area contributed by atoms with E-state index in [0.717, 1.165) is 24.6 Å². The van der Waals surface area contributed by atoms with Gasteiger partial charge in [0, 0.05) is 12.2 Å². The summed E-state index contributed by atoms with van der Waals surface area (Å²) >= 11 is 0. The average Bonchev–Trinajstić information content (AvgIpc) is 2.69. The molecule has 2 heterocycles. The first kappa shape index (κ1) is 9.46. The number of aryl methyl sites for hydroxylation is 1. The minimum Gasteiger partial charge on any atom is -0.490 e. The molecule has 3 nitrogen and oxygen atoms in total. The fourth-order valence-corrected chi connectivity index (χ4v) is 1.71. The maximum Gasteiger partial charge on any atom is 0.140 e. The third-order valence-corrected chi connectivity index (χ3v) is 2.56. The highest BCUT2D eigenvalue weighted by Gasteiger charge is 2.14. The van der Waals surface area contributed by atoms with E-state index in [2.05, 4.69) is 10.3 Å². The fourth-order valence-electron chi connectivity index (χ4n) is 1.71. The monoisotopic (exact) mass is 192 g/mol. The van der Waals surface area contributed by atoms with Crippen molar-refractivity contribution in [3.05, 3.63) is 24.0 Å². The largest absolute Gasteiger partial charge is 0.490 e. The fraction of sp³-hybridized carbons (Fsp3) is 0.545. The summed E-state index contributed by atoms with van der Waals surface area (Å²) in [5.41, 5.74) is 0.963. The highest BCUT2D eigenvalue weighted by atomic mass is 16.5. The lowest BCUT2D eigenvalue weighted by Crippen LogP contribution is -2.28. The van der Waals surface area contributed by atoms with Crippen LogP contribution in [0.1, 0.15) is 18.5 Å². The predicted molar refractivity (Wildman–Crippen MR) is 55.5 cm³/mol. The summed E-state index contributed by atoms with van der Waals surface area (Å²) in [5, 5.41) is 3.40. The van der Waals surface area contributed by atoms with E-state index in [1.54, 1.807) is 6.20 Å². The van der Waals surface area contributed by atoms with Crippen LogP contribution in [0.25, 0.3) is 0 Å². The Morgan fingerprint density at radius 3 is 3.29 bits per heavy atom. The van der Waals surface area contributed by atoms with Crippen LogP contribution < -0.4 is 10.1 Å². The van der Waals surface area contributed by atoms with Crippen molar-refractivity contribution in [1.29, 1.82) is 0 Å². The SMILES string of the molecule is Cc1ncccc1OC[C@@H]1CCCN1. The molecule has 1 aromatic rings. The second-order valence-corrected chi connectivity index (χ2v) is 3.69. The predicted octanol–water partition coefficient (Wildman–Crippen LogP) is 1.52. The van der Waals surface area contributed by atoms with Crippen LogP contribution in [0.15, 0.2) is 18.3 Å². The molecule has 0 amide bonds. The molecule has 1 aliphatic heterocycles. The van der Waals surface area contributed by atoms with Gasteiger partial charge in [-0.3, -0.25) is 4.98 Å². The topological polar surface area (TPSA) is 34.1 Å². The Balaban J connectivity index is 1.88. The van der Waals surface area contributed by atoms with Crippen LogP contribution >= 0.6 is 0 Å². The average molecular weight is 192 g/mol. The Morgan fingerprint density at radius 1 is 1.64 bits per heavy atom. The molecular weight excluding hydrogens is 176 g/mol. The maximum atomic E-state index is 5.70. The maximum absolute atomic E-state index is 5.70. The standard InChI is InChI=1S/C11H16N2O/c1-9-11(5-3-6-12-9)14-8-10-4-2-7-13-10/h3,5-6,10,13H,2,4,7-8H2,1H3/t10-/m0/s1. The van der Waals surface area contributed by atoms with Gasteiger partial charge < -0.3 is 10.1 Å². The van der Waals surface area contributed by atoms with Crippen molar-refractivity contribution in [3.8, 4) is 5.75 Å². The van der Waals surface area contributed by atoms with Crippen molar-refractivity contribution in [1.82, 2.24) is 10.3 Å². The van der Waals surface area contributed by atoms with Gasteiger partial charge in [0.25, 0.3) is 0 Å². The molecular formula is C11H16N2O. The summed E-state index contributed by atoms with van der Waals surface area (Å²) in [6.45, 7) is 3.85. The number of nitrogens with one attached hydrogen (secondary N) is 1. The molecule has 0 bridgehead atoms. The van der Waals surface area contributed by atoms with Crippen molar-refractivity contribution in [2.75, 3.05) is 13.2 Å². The van der Waals surface area contributed by atoms with E-state index in [1.807, 2.05) is 19.1 Å². The first-order valence-electron chi connectivity index (χ1n) is 5.14. The van der Waals surface area contributed by atoms with Gasteiger partial charge in [0.15, 0.2) is 0 Å². The molecule has 0 aromatic carbocycles. The zero-order chi connectivity index (χ0) is 9.80. The van der Waals surface area contributed by atoms with Crippen LogP contribution in [-0.2, 0) is 0 Å². The molecule has 1 N–H and O–H groups in total. The lowest BCUT2D eigenvalue weighted by Gasteiger charge is -2.12. The number of aromatic nitrogens is 1. The molecule has 3 heteroatoms. The Labute approximate surface area is 84.5 Å². The molecule has 76 valence electrons. The van der Waals surface area contributed by atoms with E-state index in [-0.39, 0.29) is 0 Å². The third-order valence-electron chi connectivity index (χ3n) is 2.56. The molecule has 0 unspecified atom stereocenters. The number of ether oxygens (including phenoxy) is 1. The number of nitrogens with zero attached hydrogens (tertiary/aromatic N) is 1. The van der Waals surface area contributed by atoms with E-state index in [1.165, 1.54) is 12.8 Å². The molecule has 2 rings (SSSR count). The smallest absolute Gasteiger partial charge is 0.140 e. The highest BCUT2D eigenvalue weighted by Crippen LogP contribution is 2.15. The second kappa shape index (κ2) is 4.42. The van der Waals surface area contributed by atoms with E-state index in [4.69, 9.17) is 4.74 Å². The van der Waals surface area contributed by atoms with Crippen LogP contribution in [-0.4, -0.2) is 24.2 Å². The summed E-state index contributed by atoms with van der Waals surface area (Å²) in [6.07, 6.45) is 4.27. The normalized spacial score (nSPS) is 21.1. The van der Waals surface area contributed by atoms with Gasteiger partial charge in [-0.2, -0.15) is 0 Å². The lowest BCUT2D eigenvalue weighted by molar-refractivity contribution is 0.274. The van der Waals surface area contributed by atoms with Gasteiger partial charge in [-0.05, 0) is 38.4 Å². The van der Waals surface area contributed by atoms with Crippen LogP contribution in [0.3, 0.4) is 0 Å².